The van der Waals surface area contributed by atoms with Crippen LogP contribution in [0.4, 0.5) is 0 Å². The van der Waals surface area contributed by atoms with Gasteiger partial charge in [-0.2, -0.15) is 0 Å². The zero-order valence-corrected chi connectivity index (χ0v) is 10.2. The van der Waals surface area contributed by atoms with E-state index >= 15 is 0 Å². The molecule has 1 unspecified atom stereocenters. The van der Waals surface area contributed by atoms with E-state index in [2.05, 4.69) is 12.9 Å². The Bertz CT molecular complexity index is 200. The van der Waals surface area contributed by atoms with Crippen molar-refractivity contribution in [3.8, 4) is 0 Å². The summed E-state index contributed by atoms with van der Waals surface area (Å²) in [6.45, 7) is -0.209. The van der Waals surface area contributed by atoms with Gasteiger partial charge in [0.15, 0.2) is 29.4 Å². The second-order valence-electron chi connectivity index (χ2n) is 2.46. The second-order valence-corrected chi connectivity index (χ2v) is 2.97. The lowest BCUT2D eigenvalue weighted by Crippen LogP contribution is -2.29. The topological polar surface area (TPSA) is 71.4 Å². The molecule has 0 heterocycles. The molecule has 0 saturated heterocycles. The van der Waals surface area contributed by atoms with Gasteiger partial charge in [0, 0.05) is 7.05 Å². The Morgan fingerprint density at radius 1 is 1.79 bits per heavy atom. The Balaban J connectivity index is 4.04. The minimum Gasteiger partial charge on any atom is -0.416 e. The Labute approximate surface area is 96.5 Å². The number of carbonyl (C=O) groups excluding carboxylic acids is 1. The summed E-state index contributed by atoms with van der Waals surface area (Å²) in [4.78, 5) is 19.8. The summed E-state index contributed by atoms with van der Waals surface area (Å²) in [5, 5.41) is 9.96. The van der Waals surface area contributed by atoms with Crippen molar-refractivity contribution in [2.45, 2.75) is 12.5 Å². The van der Waals surface area contributed by atoms with E-state index in [1.807, 2.05) is 0 Å². The van der Waals surface area contributed by atoms with Gasteiger partial charge in [-0.05, 0) is 0 Å². The van der Waals surface area contributed by atoms with Crippen LogP contribution in [0.3, 0.4) is 0 Å². The maximum Gasteiger partial charge on any atom is 0.248 e. The molecule has 0 spiro atoms. The lowest BCUT2D eigenvalue weighted by atomic mass is 10.2. The highest BCUT2D eigenvalue weighted by molar-refractivity contribution is 14.1. The quantitative estimate of drug-likeness (QED) is 0.328. The molecule has 0 fully saturated rings. The number of hydroxylamine groups is 2. The highest BCUT2D eigenvalue weighted by atomic mass is 127. The molecule has 0 aliphatic rings. The molecule has 1 amide bonds. The molecule has 14 heavy (non-hydrogen) atoms. The van der Waals surface area contributed by atoms with Gasteiger partial charge in [-0.1, -0.05) is 0 Å². The first-order valence-corrected chi connectivity index (χ1v) is 4.74. The molecule has 0 rings (SSSR count). The molecular formula is C7H13IN2O4. The molecule has 0 radical (unpaired) electrons. The molecule has 7 heteroatoms. The predicted octanol–water partition coefficient (Wildman–Crippen LogP) is 0.152. The number of hydrogen-bond donors (Lipinski definition) is 1. The van der Waals surface area contributed by atoms with E-state index in [4.69, 9.17) is 5.11 Å². The summed E-state index contributed by atoms with van der Waals surface area (Å²) in [6, 6.07) is -0.491. The van der Waals surface area contributed by atoms with Gasteiger partial charge in [-0.15, -0.1) is 0 Å². The van der Waals surface area contributed by atoms with Crippen molar-refractivity contribution >= 4 is 35.3 Å². The number of aliphatic imine (C=N–C) groups is 1. The van der Waals surface area contributed by atoms with Gasteiger partial charge in [-0.25, -0.2) is 5.06 Å². The van der Waals surface area contributed by atoms with Gasteiger partial charge in [0.1, 0.15) is 0 Å². The maximum atomic E-state index is 11.3. The third kappa shape index (κ3) is 5.35. The van der Waals surface area contributed by atoms with Crippen LogP contribution in [0.15, 0.2) is 4.99 Å². The molecule has 6 nitrogen and oxygen atoms in total. The van der Waals surface area contributed by atoms with Gasteiger partial charge in [-0.3, -0.25) is 14.6 Å². The van der Waals surface area contributed by atoms with Crippen LogP contribution < -0.4 is 0 Å². The van der Waals surface area contributed by atoms with Gasteiger partial charge in [0.25, 0.3) is 0 Å². The number of halogens is 1. The van der Waals surface area contributed by atoms with E-state index < -0.39 is 6.04 Å². The van der Waals surface area contributed by atoms with Crippen LogP contribution >= 0.6 is 23.0 Å². The highest BCUT2D eigenvalue weighted by Gasteiger charge is 2.14. The largest absolute Gasteiger partial charge is 0.416 e. The van der Waals surface area contributed by atoms with Crippen LogP contribution in [0.1, 0.15) is 6.42 Å². The summed E-state index contributed by atoms with van der Waals surface area (Å²) < 4.78 is 4.55. The summed E-state index contributed by atoms with van der Waals surface area (Å²) >= 11 is 1.64. The van der Waals surface area contributed by atoms with Crippen LogP contribution in [0.5, 0.6) is 0 Å². The molecule has 1 atom stereocenters. The maximum absolute atomic E-state index is 11.3. The van der Waals surface area contributed by atoms with E-state index in [-0.39, 0.29) is 18.9 Å². The molecule has 0 bridgehead atoms. The van der Waals surface area contributed by atoms with Crippen molar-refractivity contribution < 1.29 is 17.8 Å². The minimum absolute atomic E-state index is 0.0807. The van der Waals surface area contributed by atoms with Crippen molar-refractivity contribution in [3.05, 3.63) is 0 Å². The van der Waals surface area contributed by atoms with Crippen LogP contribution in [-0.2, 0) is 12.7 Å². The van der Waals surface area contributed by atoms with E-state index in [0.29, 0.717) is 0 Å². The first-order valence-electron chi connectivity index (χ1n) is 3.86. The Morgan fingerprint density at radius 3 is 2.86 bits per heavy atom. The number of amides is 1. The minimum atomic E-state index is -0.491. The first kappa shape index (κ1) is 13.6. The fourth-order valence-electron chi connectivity index (χ4n) is 0.705. The molecule has 0 aromatic carbocycles. The van der Waals surface area contributed by atoms with Crippen molar-refractivity contribution in [1.29, 1.82) is 0 Å². The fourth-order valence-corrected chi connectivity index (χ4v) is 0.837. The second kappa shape index (κ2) is 7.94. The van der Waals surface area contributed by atoms with Crippen molar-refractivity contribution in [3.63, 3.8) is 0 Å². The molecule has 0 aromatic rings. The van der Waals surface area contributed by atoms with Crippen LogP contribution in [0, 0.1) is 0 Å². The summed E-state index contributed by atoms with van der Waals surface area (Å²) in [6.07, 6.45) is 1.26. The molecule has 0 aliphatic carbocycles. The number of nitrogens with zero attached hydrogens (tertiary/aromatic N) is 2. The monoisotopic (exact) mass is 316 g/mol. The van der Waals surface area contributed by atoms with Gasteiger partial charge >= 0.3 is 0 Å². The average Bonchev–Trinajstić information content (AvgIpc) is 2.22. The van der Waals surface area contributed by atoms with Crippen molar-refractivity contribution in [2.24, 2.45) is 4.99 Å². The van der Waals surface area contributed by atoms with Crippen LogP contribution in [-0.4, -0.2) is 49.3 Å². The molecule has 1 N–H and O–H groups in total. The third-order valence-corrected chi connectivity index (χ3v) is 1.79. The van der Waals surface area contributed by atoms with Crippen LogP contribution in [0.25, 0.3) is 0 Å². The van der Waals surface area contributed by atoms with Gasteiger partial charge < -0.3 is 8.17 Å². The lowest BCUT2D eigenvalue weighted by molar-refractivity contribution is -0.169. The SMILES string of the molecule is CON(C)C(=O)CC(CO)N=COI. The van der Waals surface area contributed by atoms with Crippen LogP contribution in [0.2, 0.25) is 0 Å². The van der Waals surface area contributed by atoms with Crippen molar-refractivity contribution in [1.82, 2.24) is 5.06 Å². The van der Waals surface area contributed by atoms with E-state index in [0.717, 1.165) is 5.06 Å². The molecular weight excluding hydrogens is 303 g/mol. The van der Waals surface area contributed by atoms with Gasteiger partial charge in [0.2, 0.25) is 5.91 Å². The molecule has 82 valence electrons. The Morgan fingerprint density at radius 2 is 2.43 bits per heavy atom. The predicted molar refractivity (Wildman–Crippen MR) is 58.9 cm³/mol. The first-order chi connectivity index (χ1) is 6.65. The summed E-state index contributed by atoms with van der Waals surface area (Å²) in [5.74, 6) is -0.253. The van der Waals surface area contributed by atoms with E-state index in [1.165, 1.54) is 20.6 Å². The fraction of sp³-hybridized carbons (Fsp3) is 0.714. The number of rotatable bonds is 6. The van der Waals surface area contributed by atoms with E-state index in [9.17, 15) is 4.79 Å². The zero-order chi connectivity index (χ0) is 11.0. The van der Waals surface area contributed by atoms with Crippen molar-refractivity contribution in [2.75, 3.05) is 20.8 Å². The zero-order valence-electron chi connectivity index (χ0n) is 8.01. The third-order valence-electron chi connectivity index (χ3n) is 1.56. The number of carbonyl (C=O) groups is 1. The Hall–Kier alpha value is -0.410. The smallest absolute Gasteiger partial charge is 0.248 e. The lowest BCUT2D eigenvalue weighted by Gasteiger charge is -2.15. The molecule has 0 saturated carbocycles. The number of hydrogen-bond acceptors (Lipinski definition) is 5. The summed E-state index contributed by atoms with van der Waals surface area (Å²) in [5.41, 5.74) is 0. The van der Waals surface area contributed by atoms with Gasteiger partial charge in [0.05, 0.1) is 26.2 Å². The normalized spacial score (nSPS) is 12.9. The molecule has 0 aliphatic heterocycles. The highest BCUT2D eigenvalue weighted by Crippen LogP contribution is 2.01. The summed E-state index contributed by atoms with van der Waals surface area (Å²) in [7, 11) is 2.89. The standard InChI is InChI=1S/C7H13IN2O4/c1-10(13-2)7(12)3-6(4-11)9-5-14-8/h5-6,11H,3-4H2,1-2H3. The molecule has 0 aromatic heterocycles. The number of aliphatic hydroxyl groups is 1. The number of aliphatic hydroxyl groups excluding tert-OH is 1. The average molecular weight is 316 g/mol. The Kier molecular flexibility index (Phi) is 7.71. The van der Waals surface area contributed by atoms with E-state index in [1.54, 1.807) is 23.0 Å².